The number of ether oxygens (including phenoxy) is 1. The molecule has 0 radical (unpaired) electrons. The molecule has 0 saturated carbocycles. The summed E-state index contributed by atoms with van der Waals surface area (Å²) in [7, 11) is 0. The van der Waals surface area contributed by atoms with E-state index in [1.807, 2.05) is 18.2 Å². The second kappa shape index (κ2) is 7.59. The molecule has 0 amide bonds. The molecule has 30 heavy (non-hydrogen) atoms. The summed E-state index contributed by atoms with van der Waals surface area (Å²) in [4.78, 5) is 0. The number of alkyl halides is 3. The van der Waals surface area contributed by atoms with Gasteiger partial charge in [0.2, 0.25) is 0 Å². The quantitative estimate of drug-likeness (QED) is 0.244. The smallest absolute Gasteiger partial charge is 0.403 e. The van der Waals surface area contributed by atoms with Crippen LogP contribution in [0.4, 0.5) is 22.0 Å². The molecular formula is C24H17F5O. The predicted octanol–water partition coefficient (Wildman–Crippen LogP) is 7.79. The first-order chi connectivity index (χ1) is 14.3. The lowest BCUT2D eigenvalue weighted by Gasteiger charge is -2.12. The van der Waals surface area contributed by atoms with Gasteiger partial charge in [-0.25, -0.2) is 8.78 Å². The maximum Gasteiger partial charge on any atom is 0.573 e. The molecular weight excluding hydrogens is 399 g/mol. The van der Waals surface area contributed by atoms with Crippen LogP contribution in [0.2, 0.25) is 0 Å². The highest BCUT2D eigenvalue weighted by atomic mass is 19.4. The van der Waals surface area contributed by atoms with E-state index in [1.54, 1.807) is 12.1 Å². The van der Waals surface area contributed by atoms with Crippen molar-refractivity contribution in [3.8, 4) is 16.9 Å². The SMILES string of the molecule is CCCc1ccc2c(ccc3c(F)c(-c4ccc(OC(F)(F)F)c(F)c4)ccc32)c1. The third-order valence-corrected chi connectivity index (χ3v) is 5.02. The van der Waals surface area contributed by atoms with Crippen LogP contribution in [0.15, 0.2) is 60.7 Å². The first-order valence-corrected chi connectivity index (χ1v) is 9.46. The molecule has 0 bridgehead atoms. The Hall–Kier alpha value is -3.15. The van der Waals surface area contributed by atoms with Crippen LogP contribution in [-0.2, 0) is 6.42 Å². The lowest BCUT2D eigenvalue weighted by Crippen LogP contribution is -2.17. The maximum atomic E-state index is 15.3. The summed E-state index contributed by atoms with van der Waals surface area (Å²) >= 11 is 0. The Kier molecular flexibility index (Phi) is 5.10. The maximum absolute atomic E-state index is 15.3. The fourth-order valence-corrected chi connectivity index (χ4v) is 3.70. The Morgan fingerprint density at radius 3 is 2.23 bits per heavy atom. The van der Waals surface area contributed by atoms with E-state index in [-0.39, 0.29) is 11.1 Å². The number of fused-ring (bicyclic) bond motifs is 3. The highest BCUT2D eigenvalue weighted by molar-refractivity contribution is 6.08. The number of rotatable bonds is 4. The molecule has 0 aliphatic rings. The number of hydrogen-bond donors (Lipinski definition) is 0. The van der Waals surface area contributed by atoms with Gasteiger partial charge in [0.25, 0.3) is 0 Å². The van der Waals surface area contributed by atoms with Crippen molar-refractivity contribution in [2.24, 2.45) is 0 Å². The summed E-state index contributed by atoms with van der Waals surface area (Å²) in [5.41, 5.74) is 1.43. The standard InChI is InChI=1S/C24H17F5O/c1-2-3-14-4-7-17-15(12-14)5-8-20-19(17)10-9-18(23(20)26)16-6-11-22(21(25)13-16)30-24(27,28)29/h4-13H,2-3H2,1H3. The highest BCUT2D eigenvalue weighted by Gasteiger charge is 2.32. The number of halogens is 5. The van der Waals surface area contributed by atoms with Gasteiger partial charge < -0.3 is 4.74 Å². The van der Waals surface area contributed by atoms with E-state index in [9.17, 15) is 17.6 Å². The van der Waals surface area contributed by atoms with Crippen molar-refractivity contribution >= 4 is 21.5 Å². The monoisotopic (exact) mass is 416 g/mol. The lowest BCUT2D eigenvalue weighted by molar-refractivity contribution is -0.275. The van der Waals surface area contributed by atoms with Gasteiger partial charge in [0, 0.05) is 10.9 Å². The molecule has 0 aliphatic heterocycles. The minimum Gasteiger partial charge on any atom is -0.403 e. The van der Waals surface area contributed by atoms with Crippen LogP contribution in [0.3, 0.4) is 0 Å². The molecule has 4 aromatic carbocycles. The first kappa shape index (κ1) is 20.1. The zero-order valence-electron chi connectivity index (χ0n) is 16.0. The molecule has 0 atom stereocenters. The third kappa shape index (κ3) is 3.82. The van der Waals surface area contributed by atoms with Gasteiger partial charge in [0.1, 0.15) is 5.82 Å². The number of benzene rings is 4. The van der Waals surface area contributed by atoms with Crippen molar-refractivity contribution in [3.63, 3.8) is 0 Å². The fraction of sp³-hybridized carbons (Fsp3) is 0.167. The van der Waals surface area contributed by atoms with Gasteiger partial charge in [-0.3, -0.25) is 0 Å². The highest BCUT2D eigenvalue weighted by Crippen LogP contribution is 2.35. The lowest BCUT2D eigenvalue weighted by atomic mass is 9.95. The van der Waals surface area contributed by atoms with Crippen molar-refractivity contribution in [1.82, 2.24) is 0 Å². The van der Waals surface area contributed by atoms with Crippen molar-refractivity contribution < 1.29 is 26.7 Å². The summed E-state index contributed by atoms with van der Waals surface area (Å²) in [5.74, 6) is -2.73. The molecule has 4 aromatic rings. The van der Waals surface area contributed by atoms with Gasteiger partial charge in [-0.1, -0.05) is 61.9 Å². The van der Waals surface area contributed by atoms with Gasteiger partial charge in [-0.05, 0) is 45.8 Å². The van der Waals surface area contributed by atoms with Gasteiger partial charge >= 0.3 is 6.36 Å². The van der Waals surface area contributed by atoms with Gasteiger partial charge in [-0.2, -0.15) is 0 Å². The second-order valence-electron chi connectivity index (χ2n) is 7.09. The van der Waals surface area contributed by atoms with Crippen LogP contribution in [-0.4, -0.2) is 6.36 Å². The van der Waals surface area contributed by atoms with Crippen LogP contribution in [0.5, 0.6) is 5.75 Å². The topological polar surface area (TPSA) is 9.23 Å². The summed E-state index contributed by atoms with van der Waals surface area (Å²) in [6.07, 6.45) is -3.02. The van der Waals surface area contributed by atoms with Gasteiger partial charge in [0.15, 0.2) is 11.6 Å². The van der Waals surface area contributed by atoms with E-state index in [4.69, 9.17) is 0 Å². The van der Waals surface area contributed by atoms with E-state index >= 15 is 4.39 Å². The molecule has 1 nitrogen and oxygen atoms in total. The Labute approximate surface area is 169 Å². The average Bonchev–Trinajstić information content (AvgIpc) is 2.69. The summed E-state index contributed by atoms with van der Waals surface area (Å²) < 4.78 is 69.9. The molecule has 0 aromatic heterocycles. The summed E-state index contributed by atoms with van der Waals surface area (Å²) in [5, 5.41) is 2.98. The average molecular weight is 416 g/mol. The third-order valence-electron chi connectivity index (χ3n) is 5.02. The molecule has 0 spiro atoms. The molecule has 154 valence electrons. The van der Waals surface area contributed by atoms with Crippen molar-refractivity contribution in [1.29, 1.82) is 0 Å². The van der Waals surface area contributed by atoms with Gasteiger partial charge in [-0.15, -0.1) is 13.2 Å². The largest absolute Gasteiger partial charge is 0.573 e. The Bertz CT molecular complexity index is 1240. The van der Waals surface area contributed by atoms with Crippen LogP contribution >= 0.6 is 0 Å². The second-order valence-corrected chi connectivity index (χ2v) is 7.09. The van der Waals surface area contributed by atoms with Crippen molar-refractivity contribution in [2.45, 2.75) is 26.1 Å². The minimum atomic E-state index is -5.01. The van der Waals surface area contributed by atoms with Crippen LogP contribution in [0, 0.1) is 11.6 Å². The Morgan fingerprint density at radius 1 is 0.800 bits per heavy atom. The molecule has 0 aliphatic carbocycles. The summed E-state index contributed by atoms with van der Waals surface area (Å²) in [6.45, 7) is 2.10. The van der Waals surface area contributed by atoms with E-state index in [0.717, 1.165) is 35.7 Å². The molecule has 0 fully saturated rings. The predicted molar refractivity (Wildman–Crippen MR) is 107 cm³/mol. The number of aryl methyl sites for hydroxylation is 1. The normalized spacial score (nSPS) is 11.9. The molecule has 0 N–H and O–H groups in total. The van der Waals surface area contributed by atoms with E-state index in [2.05, 4.69) is 17.7 Å². The zero-order chi connectivity index (χ0) is 21.5. The summed E-state index contributed by atoms with van der Waals surface area (Å²) in [6, 6.07) is 15.7. The van der Waals surface area contributed by atoms with Gasteiger partial charge in [0.05, 0.1) is 0 Å². The molecule has 0 unspecified atom stereocenters. The molecule has 4 rings (SSSR count). The molecule has 0 heterocycles. The van der Waals surface area contributed by atoms with E-state index < -0.39 is 23.7 Å². The van der Waals surface area contributed by atoms with Crippen LogP contribution in [0.25, 0.3) is 32.7 Å². The minimum absolute atomic E-state index is 0.0990. The van der Waals surface area contributed by atoms with Crippen molar-refractivity contribution in [3.05, 3.63) is 77.9 Å². The van der Waals surface area contributed by atoms with Crippen LogP contribution in [0.1, 0.15) is 18.9 Å². The van der Waals surface area contributed by atoms with Crippen molar-refractivity contribution in [2.75, 3.05) is 0 Å². The Balaban J connectivity index is 1.79. The van der Waals surface area contributed by atoms with E-state index in [0.29, 0.717) is 10.8 Å². The molecule has 6 heteroatoms. The van der Waals surface area contributed by atoms with E-state index in [1.165, 1.54) is 17.7 Å². The van der Waals surface area contributed by atoms with Crippen LogP contribution < -0.4 is 4.74 Å². The fourth-order valence-electron chi connectivity index (χ4n) is 3.70. The zero-order valence-corrected chi connectivity index (χ0v) is 16.0. The Morgan fingerprint density at radius 2 is 1.53 bits per heavy atom. The molecule has 0 saturated heterocycles. The first-order valence-electron chi connectivity index (χ1n) is 9.46. The number of hydrogen-bond acceptors (Lipinski definition) is 1.